The highest BCUT2D eigenvalue weighted by molar-refractivity contribution is 5.85. The zero-order chi connectivity index (χ0) is 19.7. The molecule has 0 saturated carbocycles. The Bertz CT molecular complexity index is 1050. The van der Waals surface area contributed by atoms with Crippen LogP contribution in [0.5, 0.6) is 0 Å². The van der Waals surface area contributed by atoms with Crippen LogP contribution in [0.1, 0.15) is 24.1 Å². The van der Waals surface area contributed by atoms with Gasteiger partial charge in [-0.3, -0.25) is 13.9 Å². The number of para-hydroxylation sites is 2. The van der Waals surface area contributed by atoms with E-state index in [1.165, 1.54) is 5.56 Å². The molecule has 0 spiro atoms. The Hall–Kier alpha value is -2.57. The van der Waals surface area contributed by atoms with Gasteiger partial charge in [-0.2, -0.15) is 0 Å². The number of fused-ring (bicyclic) bond motifs is 1. The number of carbonyl (C=O) groups excluding carboxylic acids is 1. The molecule has 0 bridgehead atoms. The van der Waals surface area contributed by atoms with Crippen molar-refractivity contribution in [1.29, 1.82) is 0 Å². The quantitative estimate of drug-likeness (QED) is 0.713. The Morgan fingerprint density at radius 1 is 1.10 bits per heavy atom. The smallest absolute Gasteiger partial charge is 0.329 e. The molecule has 0 aliphatic carbocycles. The lowest BCUT2D eigenvalue weighted by molar-refractivity contribution is -0.135. The highest BCUT2D eigenvalue weighted by Crippen LogP contribution is 2.23. The second kappa shape index (κ2) is 8.84. The predicted molar refractivity (Wildman–Crippen MR) is 118 cm³/mol. The summed E-state index contributed by atoms with van der Waals surface area (Å²) < 4.78 is 3.18. The highest BCUT2D eigenvalue weighted by atomic mass is 35.5. The van der Waals surface area contributed by atoms with E-state index in [0.717, 1.165) is 36.1 Å². The van der Waals surface area contributed by atoms with Gasteiger partial charge in [0.05, 0.1) is 17.1 Å². The zero-order valence-electron chi connectivity index (χ0n) is 16.8. The third-order valence-electron chi connectivity index (χ3n) is 5.68. The molecule has 2 aromatic carbocycles. The van der Waals surface area contributed by atoms with Crippen LogP contribution >= 0.6 is 12.4 Å². The predicted octanol–water partition coefficient (Wildman–Crippen LogP) is 2.50. The van der Waals surface area contributed by atoms with Gasteiger partial charge in [0.1, 0.15) is 6.54 Å². The van der Waals surface area contributed by atoms with E-state index in [0.29, 0.717) is 6.54 Å². The summed E-state index contributed by atoms with van der Waals surface area (Å²) in [5, 5.41) is 3.39. The highest BCUT2D eigenvalue weighted by Gasteiger charge is 2.28. The SMILES string of the molecule is CCc1ccc(C2CNCCN2C(=O)Cn2c(=O)n(C)c3ccccc32)cc1.Cl. The molecular formula is C22H27ClN4O2. The van der Waals surface area contributed by atoms with Gasteiger partial charge in [-0.1, -0.05) is 43.3 Å². The normalized spacial score (nSPS) is 16.6. The maximum absolute atomic E-state index is 13.2. The second-order valence-corrected chi connectivity index (χ2v) is 7.32. The van der Waals surface area contributed by atoms with Crippen LogP contribution in [0.3, 0.4) is 0 Å². The molecular weight excluding hydrogens is 388 g/mol. The van der Waals surface area contributed by atoms with Crippen LogP contribution in [0.15, 0.2) is 53.3 Å². The molecule has 7 heteroatoms. The van der Waals surface area contributed by atoms with Crippen molar-refractivity contribution in [1.82, 2.24) is 19.4 Å². The topological polar surface area (TPSA) is 59.3 Å². The van der Waals surface area contributed by atoms with Crippen molar-refractivity contribution < 1.29 is 4.79 Å². The minimum Gasteiger partial charge on any atom is -0.332 e. The number of benzene rings is 2. The van der Waals surface area contributed by atoms with Crippen molar-refractivity contribution in [3.05, 3.63) is 70.1 Å². The molecule has 1 saturated heterocycles. The van der Waals surface area contributed by atoms with Gasteiger partial charge in [-0.25, -0.2) is 4.79 Å². The number of aromatic nitrogens is 2. The fraction of sp³-hybridized carbons (Fsp3) is 0.364. The third-order valence-corrected chi connectivity index (χ3v) is 5.68. The maximum Gasteiger partial charge on any atom is 0.329 e. The van der Waals surface area contributed by atoms with Crippen molar-refractivity contribution in [3.8, 4) is 0 Å². The first kappa shape index (κ1) is 21.1. The van der Waals surface area contributed by atoms with Crippen molar-refractivity contribution >= 4 is 29.3 Å². The van der Waals surface area contributed by atoms with E-state index < -0.39 is 0 Å². The molecule has 29 heavy (non-hydrogen) atoms. The summed E-state index contributed by atoms with van der Waals surface area (Å²) >= 11 is 0. The molecule has 3 aromatic rings. The third kappa shape index (κ3) is 3.95. The van der Waals surface area contributed by atoms with Crippen molar-refractivity contribution in [2.45, 2.75) is 25.9 Å². The maximum atomic E-state index is 13.2. The van der Waals surface area contributed by atoms with Crippen LogP contribution in [0.4, 0.5) is 0 Å². The van der Waals surface area contributed by atoms with Gasteiger partial charge in [0.15, 0.2) is 0 Å². The van der Waals surface area contributed by atoms with Gasteiger partial charge >= 0.3 is 5.69 Å². The van der Waals surface area contributed by atoms with Gasteiger partial charge in [0.25, 0.3) is 0 Å². The monoisotopic (exact) mass is 414 g/mol. The van der Waals surface area contributed by atoms with E-state index >= 15 is 0 Å². The van der Waals surface area contributed by atoms with Crippen LogP contribution in [0.25, 0.3) is 11.0 Å². The number of piperazine rings is 1. The summed E-state index contributed by atoms with van der Waals surface area (Å²) in [6, 6.07) is 16.1. The molecule has 4 rings (SSSR count). The molecule has 0 radical (unpaired) electrons. The van der Waals surface area contributed by atoms with Crippen LogP contribution in [0, 0.1) is 0 Å². The molecule has 1 unspecified atom stereocenters. The number of hydrogen-bond acceptors (Lipinski definition) is 3. The average Bonchev–Trinajstić information content (AvgIpc) is 2.99. The van der Waals surface area contributed by atoms with E-state index in [-0.39, 0.29) is 36.6 Å². The summed E-state index contributed by atoms with van der Waals surface area (Å²) in [5.74, 6) is -0.0236. The molecule has 1 aromatic heterocycles. The fourth-order valence-corrected chi connectivity index (χ4v) is 4.02. The number of nitrogens with zero attached hydrogens (tertiary/aromatic N) is 3. The molecule has 2 heterocycles. The van der Waals surface area contributed by atoms with Crippen LogP contribution in [-0.2, 0) is 24.8 Å². The second-order valence-electron chi connectivity index (χ2n) is 7.32. The van der Waals surface area contributed by atoms with Crippen molar-refractivity contribution in [2.24, 2.45) is 7.05 Å². The Morgan fingerprint density at radius 2 is 1.79 bits per heavy atom. The number of amides is 1. The minimum atomic E-state index is -0.159. The zero-order valence-corrected chi connectivity index (χ0v) is 17.6. The molecule has 6 nitrogen and oxygen atoms in total. The molecule has 1 N–H and O–H groups in total. The fourth-order valence-electron chi connectivity index (χ4n) is 4.02. The van der Waals surface area contributed by atoms with Crippen LogP contribution in [-0.4, -0.2) is 39.6 Å². The first-order valence-electron chi connectivity index (χ1n) is 9.83. The van der Waals surface area contributed by atoms with E-state index in [2.05, 4.69) is 36.5 Å². The molecule has 1 fully saturated rings. The van der Waals surface area contributed by atoms with E-state index in [4.69, 9.17) is 0 Å². The number of halogens is 1. The van der Waals surface area contributed by atoms with Crippen LogP contribution < -0.4 is 11.0 Å². The Balaban J connectivity index is 0.00000240. The summed E-state index contributed by atoms with van der Waals surface area (Å²) in [6.07, 6.45) is 0.996. The van der Waals surface area contributed by atoms with Gasteiger partial charge in [0.2, 0.25) is 5.91 Å². The van der Waals surface area contributed by atoms with E-state index in [9.17, 15) is 9.59 Å². The Labute approximate surface area is 176 Å². The van der Waals surface area contributed by atoms with Gasteiger partial charge in [-0.05, 0) is 29.7 Å². The molecule has 1 aliphatic rings. The number of rotatable bonds is 4. The number of hydrogen-bond donors (Lipinski definition) is 1. The first-order chi connectivity index (χ1) is 13.6. The summed E-state index contributed by atoms with van der Waals surface area (Å²) in [5.41, 5.74) is 3.89. The molecule has 1 amide bonds. The Morgan fingerprint density at radius 3 is 2.48 bits per heavy atom. The Kier molecular flexibility index (Phi) is 6.45. The number of nitrogens with one attached hydrogen (secondary N) is 1. The number of aryl methyl sites for hydroxylation is 2. The average molecular weight is 415 g/mol. The van der Waals surface area contributed by atoms with Crippen LogP contribution in [0.2, 0.25) is 0 Å². The van der Waals surface area contributed by atoms with Crippen molar-refractivity contribution in [3.63, 3.8) is 0 Å². The van der Waals surface area contributed by atoms with Gasteiger partial charge in [0, 0.05) is 26.7 Å². The largest absolute Gasteiger partial charge is 0.332 e. The van der Waals surface area contributed by atoms with Crippen molar-refractivity contribution in [2.75, 3.05) is 19.6 Å². The van der Waals surface area contributed by atoms with E-state index in [1.807, 2.05) is 29.2 Å². The molecule has 1 aliphatic heterocycles. The van der Waals surface area contributed by atoms with Gasteiger partial charge < -0.3 is 10.2 Å². The summed E-state index contributed by atoms with van der Waals surface area (Å²) in [7, 11) is 1.74. The lowest BCUT2D eigenvalue weighted by Gasteiger charge is -2.36. The minimum absolute atomic E-state index is 0. The number of carbonyl (C=O) groups is 1. The molecule has 1 atom stereocenters. The summed E-state index contributed by atoms with van der Waals surface area (Å²) in [4.78, 5) is 27.8. The standard InChI is InChI=1S/C22H26N4O2.ClH/c1-3-16-8-10-17(11-9-16)20-14-23-12-13-25(20)21(27)15-26-19-7-5-4-6-18(19)24(2)22(26)28;/h4-11,20,23H,3,12-15H2,1-2H3;1H. The molecule has 154 valence electrons. The van der Waals surface area contributed by atoms with Gasteiger partial charge in [-0.15, -0.1) is 12.4 Å². The summed E-state index contributed by atoms with van der Waals surface area (Å²) in [6.45, 7) is 4.32. The van der Waals surface area contributed by atoms with E-state index in [1.54, 1.807) is 16.2 Å². The number of imidazole rings is 1. The lowest BCUT2D eigenvalue weighted by atomic mass is 10.0. The lowest BCUT2D eigenvalue weighted by Crippen LogP contribution is -2.50. The first-order valence-corrected chi connectivity index (χ1v) is 9.83.